The van der Waals surface area contributed by atoms with Crippen molar-refractivity contribution in [1.29, 1.82) is 0 Å². The second kappa shape index (κ2) is 5.60. The van der Waals surface area contributed by atoms with Gasteiger partial charge in [0.2, 0.25) is 0 Å². The number of benzene rings is 2. The first-order chi connectivity index (χ1) is 8.70. The Bertz CT molecular complexity index is 552. The van der Waals surface area contributed by atoms with Gasteiger partial charge in [0.05, 0.1) is 11.3 Å². The lowest BCUT2D eigenvalue weighted by Crippen LogP contribution is -1.97. The average Bonchev–Trinajstić information content (AvgIpc) is 2.40. The van der Waals surface area contributed by atoms with Crippen molar-refractivity contribution in [3.63, 3.8) is 0 Å². The fourth-order valence-corrected chi connectivity index (χ4v) is 2.15. The summed E-state index contributed by atoms with van der Waals surface area (Å²) in [5.74, 6) is -0.911. The van der Waals surface area contributed by atoms with Crippen molar-refractivity contribution in [1.82, 2.24) is 0 Å². The Labute approximate surface area is 110 Å². The highest BCUT2D eigenvalue weighted by Gasteiger charge is 2.03. The van der Waals surface area contributed by atoms with Gasteiger partial charge in [-0.05, 0) is 42.7 Å². The summed E-state index contributed by atoms with van der Waals surface area (Å²) in [5.41, 5.74) is 2.19. The molecule has 18 heavy (non-hydrogen) atoms. The highest BCUT2D eigenvalue weighted by Crippen LogP contribution is 2.27. The lowest BCUT2D eigenvalue weighted by molar-refractivity contribution is 0.0697. The van der Waals surface area contributed by atoms with Crippen LogP contribution in [0.4, 0.5) is 11.4 Å². The van der Waals surface area contributed by atoms with Gasteiger partial charge in [-0.1, -0.05) is 12.1 Å². The van der Waals surface area contributed by atoms with E-state index in [1.165, 1.54) is 0 Å². The van der Waals surface area contributed by atoms with Gasteiger partial charge in [-0.2, -0.15) is 0 Å². The van der Waals surface area contributed by atoms with Gasteiger partial charge < -0.3 is 10.4 Å². The molecule has 0 amide bonds. The Morgan fingerprint density at radius 1 is 1.11 bits per heavy atom. The van der Waals surface area contributed by atoms with Gasteiger partial charge in [-0.3, -0.25) is 0 Å². The van der Waals surface area contributed by atoms with E-state index in [-0.39, 0.29) is 0 Å². The molecule has 2 N–H and O–H groups in total. The number of thioether (sulfide) groups is 1. The zero-order chi connectivity index (χ0) is 13.0. The van der Waals surface area contributed by atoms with Crippen LogP contribution in [-0.2, 0) is 0 Å². The third-order valence-electron chi connectivity index (χ3n) is 2.52. The molecule has 0 spiro atoms. The van der Waals surface area contributed by atoms with E-state index in [1.54, 1.807) is 36.0 Å². The molecule has 0 bridgehead atoms. The highest BCUT2D eigenvalue weighted by molar-refractivity contribution is 7.98. The van der Waals surface area contributed by atoms with Gasteiger partial charge >= 0.3 is 5.97 Å². The first kappa shape index (κ1) is 12.5. The maximum atomic E-state index is 10.7. The topological polar surface area (TPSA) is 49.3 Å². The predicted molar refractivity (Wildman–Crippen MR) is 74.9 cm³/mol. The molecule has 2 aromatic rings. The zero-order valence-electron chi connectivity index (χ0n) is 9.88. The summed E-state index contributed by atoms with van der Waals surface area (Å²) in [7, 11) is 0. The molecule has 0 atom stereocenters. The number of carbonyl (C=O) groups is 1. The van der Waals surface area contributed by atoms with Crippen molar-refractivity contribution in [3.8, 4) is 0 Å². The zero-order valence-corrected chi connectivity index (χ0v) is 10.7. The van der Waals surface area contributed by atoms with E-state index in [0.717, 1.165) is 16.3 Å². The third-order valence-corrected chi connectivity index (χ3v) is 3.31. The van der Waals surface area contributed by atoms with Gasteiger partial charge in [0, 0.05) is 10.6 Å². The van der Waals surface area contributed by atoms with E-state index in [2.05, 4.69) is 5.32 Å². The van der Waals surface area contributed by atoms with Crippen molar-refractivity contribution in [3.05, 3.63) is 54.1 Å². The van der Waals surface area contributed by atoms with Crippen LogP contribution in [0.5, 0.6) is 0 Å². The van der Waals surface area contributed by atoms with Crippen LogP contribution in [0.1, 0.15) is 10.4 Å². The molecule has 4 heteroatoms. The molecule has 0 saturated carbocycles. The monoisotopic (exact) mass is 259 g/mol. The van der Waals surface area contributed by atoms with E-state index >= 15 is 0 Å². The van der Waals surface area contributed by atoms with Gasteiger partial charge in [-0.15, -0.1) is 11.8 Å². The lowest BCUT2D eigenvalue weighted by atomic mass is 10.2. The summed E-state index contributed by atoms with van der Waals surface area (Å²) in [6, 6.07) is 14.7. The number of hydrogen-bond donors (Lipinski definition) is 2. The number of nitrogens with one attached hydrogen (secondary N) is 1. The minimum absolute atomic E-state index is 0.290. The molecule has 0 aliphatic rings. The molecule has 0 aromatic heterocycles. The second-order valence-electron chi connectivity index (χ2n) is 3.71. The van der Waals surface area contributed by atoms with Gasteiger partial charge in [0.15, 0.2) is 0 Å². The number of aromatic carboxylic acids is 1. The standard InChI is InChI=1S/C14H13NO2S/c1-18-13-5-3-2-4-12(13)15-11-8-6-10(7-9-11)14(16)17/h2-9,15H,1H3,(H,16,17). The maximum absolute atomic E-state index is 10.7. The van der Waals surface area contributed by atoms with Crippen LogP contribution in [-0.4, -0.2) is 17.3 Å². The number of carboxylic acids is 1. The van der Waals surface area contributed by atoms with Crippen molar-refractivity contribution < 1.29 is 9.90 Å². The van der Waals surface area contributed by atoms with E-state index < -0.39 is 5.97 Å². The summed E-state index contributed by atoms with van der Waals surface area (Å²) in [4.78, 5) is 11.9. The molecule has 0 fully saturated rings. The first-order valence-corrected chi connectivity index (χ1v) is 6.66. The molecule has 0 saturated heterocycles. The molecule has 3 nitrogen and oxygen atoms in total. The minimum atomic E-state index is -0.911. The second-order valence-corrected chi connectivity index (χ2v) is 4.56. The minimum Gasteiger partial charge on any atom is -0.478 e. The summed E-state index contributed by atoms with van der Waals surface area (Å²) in [6.45, 7) is 0. The summed E-state index contributed by atoms with van der Waals surface area (Å²) < 4.78 is 0. The van der Waals surface area contributed by atoms with E-state index in [9.17, 15) is 4.79 Å². The van der Waals surface area contributed by atoms with Crippen molar-refractivity contribution >= 4 is 29.1 Å². The maximum Gasteiger partial charge on any atom is 0.335 e. The molecule has 0 heterocycles. The van der Waals surface area contributed by atoms with E-state index in [0.29, 0.717) is 5.56 Å². The fourth-order valence-electron chi connectivity index (χ4n) is 1.60. The molecular formula is C14H13NO2S. The summed E-state index contributed by atoms with van der Waals surface area (Å²) in [6.07, 6.45) is 2.02. The molecule has 0 aliphatic heterocycles. The van der Waals surface area contributed by atoms with Gasteiger partial charge in [0.25, 0.3) is 0 Å². The molecule has 92 valence electrons. The molecule has 0 radical (unpaired) electrons. The average molecular weight is 259 g/mol. The molecule has 2 rings (SSSR count). The van der Waals surface area contributed by atoms with Crippen molar-refractivity contribution in [2.24, 2.45) is 0 Å². The van der Waals surface area contributed by atoms with Crippen LogP contribution in [0.3, 0.4) is 0 Å². The Morgan fingerprint density at radius 3 is 2.39 bits per heavy atom. The number of anilines is 2. The number of rotatable bonds is 4. The van der Waals surface area contributed by atoms with E-state index in [4.69, 9.17) is 5.11 Å². The number of hydrogen-bond acceptors (Lipinski definition) is 3. The van der Waals surface area contributed by atoms with Crippen LogP contribution >= 0.6 is 11.8 Å². The van der Waals surface area contributed by atoms with Crippen molar-refractivity contribution in [2.45, 2.75) is 4.90 Å². The normalized spacial score (nSPS) is 10.1. The third kappa shape index (κ3) is 2.84. The Balaban J connectivity index is 2.21. The van der Waals surface area contributed by atoms with Gasteiger partial charge in [0.1, 0.15) is 0 Å². The van der Waals surface area contributed by atoms with Crippen LogP contribution < -0.4 is 5.32 Å². The predicted octanol–water partition coefficient (Wildman–Crippen LogP) is 3.85. The number of carboxylic acid groups (broad SMARTS) is 1. The first-order valence-electron chi connectivity index (χ1n) is 5.44. The van der Waals surface area contributed by atoms with E-state index in [1.807, 2.05) is 30.5 Å². The summed E-state index contributed by atoms with van der Waals surface area (Å²) >= 11 is 1.67. The molecule has 0 unspecified atom stereocenters. The van der Waals surface area contributed by atoms with Gasteiger partial charge in [-0.25, -0.2) is 4.79 Å². The Kier molecular flexibility index (Phi) is 3.89. The molecule has 2 aromatic carbocycles. The Morgan fingerprint density at radius 2 is 1.78 bits per heavy atom. The molecule has 0 aliphatic carbocycles. The highest BCUT2D eigenvalue weighted by atomic mass is 32.2. The Hall–Kier alpha value is -1.94. The van der Waals surface area contributed by atoms with Crippen LogP contribution in [0.2, 0.25) is 0 Å². The van der Waals surface area contributed by atoms with Crippen LogP contribution in [0, 0.1) is 0 Å². The van der Waals surface area contributed by atoms with Crippen LogP contribution in [0.25, 0.3) is 0 Å². The number of para-hydroxylation sites is 1. The van der Waals surface area contributed by atoms with Crippen molar-refractivity contribution in [2.75, 3.05) is 11.6 Å². The smallest absolute Gasteiger partial charge is 0.335 e. The molecular weight excluding hydrogens is 246 g/mol. The quantitative estimate of drug-likeness (QED) is 0.819. The van der Waals surface area contributed by atoms with Crippen LogP contribution in [0.15, 0.2) is 53.4 Å². The lowest BCUT2D eigenvalue weighted by Gasteiger charge is -2.10. The largest absolute Gasteiger partial charge is 0.478 e. The SMILES string of the molecule is CSc1ccccc1Nc1ccc(C(=O)O)cc1. The summed E-state index contributed by atoms with van der Waals surface area (Å²) in [5, 5.41) is 12.1. The fraction of sp³-hybridized carbons (Fsp3) is 0.0714.